The second kappa shape index (κ2) is 8.53. The molecule has 0 heterocycles. The second-order valence-corrected chi connectivity index (χ2v) is 6.82. The smallest absolute Gasteiger partial charge is 0.149 e. The maximum Gasteiger partial charge on any atom is 0.149 e. The Morgan fingerprint density at radius 1 is 0.552 bits per heavy atom. The molecule has 3 heteroatoms. The van der Waals surface area contributed by atoms with Gasteiger partial charge in [0, 0.05) is 0 Å². The highest BCUT2D eigenvalue weighted by Gasteiger charge is 2.05. The lowest BCUT2D eigenvalue weighted by atomic mass is 10.0. The van der Waals surface area contributed by atoms with Gasteiger partial charge in [-0.25, -0.2) is 0 Å². The van der Waals surface area contributed by atoms with Crippen molar-refractivity contribution in [3.8, 4) is 28.0 Å². The van der Waals surface area contributed by atoms with E-state index in [0.29, 0.717) is 0 Å². The molecule has 4 rings (SSSR count). The number of para-hydroxylation sites is 1. The van der Waals surface area contributed by atoms with E-state index in [2.05, 4.69) is 70.9 Å². The Kier molecular flexibility index (Phi) is 5.48. The minimum Gasteiger partial charge on any atom is -0.494 e. The van der Waals surface area contributed by atoms with E-state index >= 15 is 0 Å². The van der Waals surface area contributed by atoms with Gasteiger partial charge in [-0.05, 0) is 52.9 Å². The highest BCUT2D eigenvalue weighted by molar-refractivity contribution is 5.71. The van der Waals surface area contributed by atoms with Crippen LogP contribution in [-0.2, 0) is 0 Å². The van der Waals surface area contributed by atoms with Gasteiger partial charge in [0.05, 0.1) is 12.8 Å². The van der Waals surface area contributed by atoms with Crippen LogP contribution in [0.25, 0.3) is 22.3 Å². The van der Waals surface area contributed by atoms with Crippen molar-refractivity contribution in [3.63, 3.8) is 0 Å². The molecule has 0 saturated heterocycles. The average Bonchev–Trinajstić information content (AvgIpc) is 2.79. The van der Waals surface area contributed by atoms with Gasteiger partial charge in [-0.15, -0.1) is 5.11 Å². The first-order valence-corrected chi connectivity index (χ1v) is 9.56. The quantitative estimate of drug-likeness (QED) is 0.327. The van der Waals surface area contributed by atoms with E-state index in [9.17, 15) is 0 Å². The Morgan fingerprint density at radius 2 is 1.10 bits per heavy atom. The second-order valence-electron chi connectivity index (χ2n) is 6.82. The highest BCUT2D eigenvalue weighted by atomic mass is 16.5. The highest BCUT2D eigenvalue weighted by Crippen LogP contribution is 2.32. The van der Waals surface area contributed by atoms with Gasteiger partial charge in [0.2, 0.25) is 0 Å². The fourth-order valence-corrected chi connectivity index (χ4v) is 3.30. The van der Waals surface area contributed by atoms with Crippen LogP contribution >= 0.6 is 0 Å². The number of hydrogen-bond donors (Lipinski definition) is 0. The van der Waals surface area contributed by atoms with Gasteiger partial charge in [-0.3, -0.25) is 0 Å². The predicted molar refractivity (Wildman–Crippen MR) is 119 cm³/mol. The third-order valence-electron chi connectivity index (χ3n) is 4.86. The van der Waals surface area contributed by atoms with Crippen molar-refractivity contribution in [2.75, 3.05) is 7.11 Å². The monoisotopic (exact) mass is 378 g/mol. The molecule has 142 valence electrons. The van der Waals surface area contributed by atoms with Gasteiger partial charge in [-0.1, -0.05) is 78.9 Å². The van der Waals surface area contributed by atoms with Crippen LogP contribution in [0, 0.1) is 6.92 Å². The molecule has 29 heavy (non-hydrogen) atoms. The average molecular weight is 378 g/mol. The lowest BCUT2D eigenvalue weighted by Crippen LogP contribution is -1.86. The summed E-state index contributed by atoms with van der Waals surface area (Å²) >= 11 is 0. The third-order valence-corrected chi connectivity index (χ3v) is 4.86. The zero-order valence-electron chi connectivity index (χ0n) is 16.5. The van der Waals surface area contributed by atoms with Gasteiger partial charge < -0.3 is 4.74 Å². The van der Waals surface area contributed by atoms with Crippen molar-refractivity contribution in [3.05, 3.63) is 103 Å². The standard InChI is InChI=1S/C26H22N2O/c1-19-7-6-10-25(26(19)29-2)28-27-24-17-15-23(16-18-24)22-13-11-21(12-14-22)20-8-4-3-5-9-20/h3-18H,1-2H3. The van der Waals surface area contributed by atoms with Gasteiger partial charge >= 0.3 is 0 Å². The molecule has 0 amide bonds. The molecule has 4 aromatic rings. The zero-order valence-corrected chi connectivity index (χ0v) is 16.5. The van der Waals surface area contributed by atoms with Crippen molar-refractivity contribution < 1.29 is 4.74 Å². The molecule has 0 atom stereocenters. The number of nitrogens with zero attached hydrogens (tertiary/aromatic N) is 2. The summed E-state index contributed by atoms with van der Waals surface area (Å²) in [5, 5.41) is 8.72. The van der Waals surface area contributed by atoms with Crippen LogP contribution in [0.15, 0.2) is 107 Å². The summed E-state index contributed by atoms with van der Waals surface area (Å²) in [4.78, 5) is 0. The number of benzene rings is 4. The Balaban J connectivity index is 1.52. The predicted octanol–water partition coefficient (Wildman–Crippen LogP) is 7.75. The van der Waals surface area contributed by atoms with E-state index in [-0.39, 0.29) is 0 Å². The molecule has 0 N–H and O–H groups in total. The minimum absolute atomic E-state index is 0.730. The molecule has 0 bridgehead atoms. The lowest BCUT2D eigenvalue weighted by Gasteiger charge is -2.06. The van der Waals surface area contributed by atoms with Gasteiger partial charge in [-0.2, -0.15) is 5.11 Å². The van der Waals surface area contributed by atoms with Crippen molar-refractivity contribution in [2.45, 2.75) is 6.92 Å². The molecule has 0 aliphatic rings. The molecule has 3 nitrogen and oxygen atoms in total. The Bertz CT molecular complexity index is 1120. The summed E-state index contributed by atoms with van der Waals surface area (Å²) in [5.74, 6) is 0.756. The maximum absolute atomic E-state index is 5.43. The van der Waals surface area contributed by atoms with Crippen molar-refractivity contribution >= 4 is 11.4 Å². The number of azo groups is 1. The number of ether oxygens (including phenoxy) is 1. The van der Waals surface area contributed by atoms with E-state index in [1.807, 2.05) is 43.3 Å². The molecule has 0 aliphatic carbocycles. The minimum atomic E-state index is 0.730. The van der Waals surface area contributed by atoms with Crippen LogP contribution < -0.4 is 4.74 Å². The SMILES string of the molecule is COc1c(C)cccc1N=Nc1ccc(-c2ccc(-c3ccccc3)cc2)cc1. The molecule has 0 radical (unpaired) electrons. The number of rotatable bonds is 5. The maximum atomic E-state index is 5.43. The Morgan fingerprint density at radius 3 is 1.69 bits per heavy atom. The first-order chi connectivity index (χ1) is 14.2. The number of aryl methyl sites for hydroxylation is 1. The molecule has 0 unspecified atom stereocenters. The summed E-state index contributed by atoms with van der Waals surface area (Å²) in [6.45, 7) is 2.00. The zero-order chi connectivity index (χ0) is 20.1. The normalized spacial score (nSPS) is 11.0. The van der Waals surface area contributed by atoms with Crippen LogP contribution in [0.3, 0.4) is 0 Å². The van der Waals surface area contributed by atoms with E-state index in [1.54, 1.807) is 7.11 Å². The summed E-state index contributed by atoms with van der Waals surface area (Å²) in [6, 6.07) is 32.9. The first-order valence-electron chi connectivity index (χ1n) is 9.56. The molecule has 0 spiro atoms. The van der Waals surface area contributed by atoms with E-state index in [0.717, 1.165) is 28.3 Å². The molecule has 0 aliphatic heterocycles. The lowest BCUT2D eigenvalue weighted by molar-refractivity contribution is 0.413. The molecule has 0 fully saturated rings. The van der Waals surface area contributed by atoms with Crippen LogP contribution in [-0.4, -0.2) is 7.11 Å². The Hall–Kier alpha value is -3.72. The third kappa shape index (κ3) is 4.25. The first kappa shape index (κ1) is 18.6. The Labute approximate surface area is 171 Å². The van der Waals surface area contributed by atoms with Crippen molar-refractivity contribution in [2.24, 2.45) is 10.2 Å². The summed E-state index contributed by atoms with van der Waals surface area (Å²) in [7, 11) is 1.65. The summed E-state index contributed by atoms with van der Waals surface area (Å²) < 4.78 is 5.43. The number of hydrogen-bond acceptors (Lipinski definition) is 3. The van der Waals surface area contributed by atoms with Crippen LogP contribution in [0.5, 0.6) is 5.75 Å². The van der Waals surface area contributed by atoms with Crippen LogP contribution in [0.1, 0.15) is 5.56 Å². The summed E-state index contributed by atoms with van der Waals surface area (Å²) in [6.07, 6.45) is 0. The van der Waals surface area contributed by atoms with Crippen LogP contribution in [0.4, 0.5) is 11.4 Å². The van der Waals surface area contributed by atoms with E-state index in [1.165, 1.54) is 16.7 Å². The largest absolute Gasteiger partial charge is 0.494 e. The molecular weight excluding hydrogens is 356 g/mol. The van der Waals surface area contributed by atoms with Gasteiger partial charge in [0.1, 0.15) is 11.4 Å². The van der Waals surface area contributed by atoms with Crippen molar-refractivity contribution in [1.29, 1.82) is 0 Å². The van der Waals surface area contributed by atoms with E-state index in [4.69, 9.17) is 4.74 Å². The molecule has 4 aromatic carbocycles. The van der Waals surface area contributed by atoms with Gasteiger partial charge in [0.15, 0.2) is 0 Å². The van der Waals surface area contributed by atoms with E-state index < -0.39 is 0 Å². The fraction of sp³-hybridized carbons (Fsp3) is 0.0769. The molecule has 0 saturated carbocycles. The summed E-state index contributed by atoms with van der Waals surface area (Å²) in [5.41, 5.74) is 7.34. The van der Waals surface area contributed by atoms with Crippen molar-refractivity contribution in [1.82, 2.24) is 0 Å². The number of methoxy groups -OCH3 is 1. The molecule has 0 aromatic heterocycles. The van der Waals surface area contributed by atoms with Crippen LogP contribution in [0.2, 0.25) is 0 Å². The van der Waals surface area contributed by atoms with Gasteiger partial charge in [0.25, 0.3) is 0 Å². The topological polar surface area (TPSA) is 34.0 Å². The molecular formula is C26H22N2O. The fourth-order valence-electron chi connectivity index (χ4n) is 3.30.